The Morgan fingerprint density at radius 3 is 2.52 bits per heavy atom. The number of hydrogen-bond donors (Lipinski definition) is 1. The van der Waals surface area contributed by atoms with Gasteiger partial charge in [0.05, 0.1) is 19.2 Å². The van der Waals surface area contributed by atoms with Crippen molar-refractivity contribution in [2.24, 2.45) is 16.2 Å². The third kappa shape index (κ3) is 2.17. The average molecular weight is 550 g/mol. The van der Waals surface area contributed by atoms with Crippen LogP contribution in [-0.4, -0.2) is 19.5 Å². The molecule has 1 N–H and O–H groups in total. The summed E-state index contributed by atoms with van der Waals surface area (Å²) in [5.41, 5.74) is -0.673. The Kier molecular flexibility index (Phi) is 4.67. The van der Waals surface area contributed by atoms with Gasteiger partial charge in [-0.25, -0.2) is 4.98 Å². The number of anilines is 1. The van der Waals surface area contributed by atoms with Crippen molar-refractivity contribution in [3.05, 3.63) is 22.3 Å². The zero-order valence-corrected chi connectivity index (χ0v) is 18.7. The first-order valence-corrected chi connectivity index (χ1v) is 10.7. The molecule has 3 fully saturated rings. The molecule has 3 saturated carbocycles. The van der Waals surface area contributed by atoms with Crippen molar-refractivity contribution in [1.29, 1.82) is 0 Å². The van der Waals surface area contributed by atoms with Crippen LogP contribution in [-0.2, 0) is 4.79 Å². The number of amides is 1. The maximum Gasteiger partial charge on any atom is 0.233 e. The minimum atomic E-state index is -0.489. The van der Waals surface area contributed by atoms with Crippen LogP contribution in [0.5, 0.6) is 0 Å². The van der Waals surface area contributed by atoms with Gasteiger partial charge in [-0.3, -0.25) is 4.79 Å². The number of nitrogens with one attached hydrogen (secondary N) is 1. The Morgan fingerprint density at radius 2 is 2.04 bits per heavy atom. The summed E-state index contributed by atoms with van der Waals surface area (Å²) in [6.07, 6.45) is 3.26. The molecule has 1 amide bonds. The van der Waals surface area contributed by atoms with E-state index in [1.807, 2.05) is 0 Å². The molecule has 0 unspecified atom stereocenters. The zero-order chi connectivity index (χ0) is 17.2. The summed E-state index contributed by atoms with van der Waals surface area (Å²) in [4.78, 5) is 17.3. The number of rotatable bonds is 3. The minimum absolute atomic E-state index is 0.0123. The molecule has 0 aromatic carbocycles. The molecule has 1 heterocycles. The van der Waals surface area contributed by atoms with Gasteiger partial charge in [-0.2, -0.15) is 0 Å². The van der Waals surface area contributed by atoms with E-state index in [9.17, 15) is 4.79 Å². The molecule has 1 aromatic rings. The van der Waals surface area contributed by atoms with Gasteiger partial charge < -0.3 is 5.32 Å². The summed E-state index contributed by atoms with van der Waals surface area (Å²) < 4.78 is 0.141. The number of fused-ring (bicyclic) bond motifs is 1. The van der Waals surface area contributed by atoms with Crippen LogP contribution < -0.4 is 5.32 Å². The lowest BCUT2D eigenvalue weighted by atomic mass is 9.43. The molecular formula is C15H15Br3Cl2N2O. The number of alkyl halides is 3. The molecule has 3 aliphatic carbocycles. The summed E-state index contributed by atoms with van der Waals surface area (Å²) in [5, 5.41) is 3.68. The van der Waals surface area contributed by atoms with Crippen molar-refractivity contribution in [3.63, 3.8) is 0 Å². The molecule has 0 radical (unpaired) electrons. The van der Waals surface area contributed by atoms with Crippen LogP contribution in [0.4, 0.5) is 5.82 Å². The summed E-state index contributed by atoms with van der Waals surface area (Å²) in [7, 11) is 0. The number of carbonyl (C=O) groups is 1. The van der Waals surface area contributed by atoms with Gasteiger partial charge in [0.25, 0.3) is 0 Å². The van der Waals surface area contributed by atoms with Gasteiger partial charge in [0.1, 0.15) is 0 Å². The molecule has 0 saturated heterocycles. The average Bonchev–Trinajstić information content (AvgIpc) is 2.91. The van der Waals surface area contributed by atoms with Crippen LogP contribution in [0.25, 0.3) is 0 Å². The smallest absolute Gasteiger partial charge is 0.233 e. The van der Waals surface area contributed by atoms with E-state index in [2.05, 4.69) is 71.9 Å². The summed E-state index contributed by atoms with van der Waals surface area (Å²) in [5.74, 6) is 0.305. The van der Waals surface area contributed by atoms with Crippen LogP contribution in [0.1, 0.15) is 26.7 Å². The molecule has 3 nitrogen and oxygen atoms in total. The van der Waals surface area contributed by atoms with E-state index in [0.717, 1.165) is 12.8 Å². The van der Waals surface area contributed by atoms with Crippen molar-refractivity contribution in [2.75, 3.05) is 5.32 Å². The SMILES string of the molecule is CC1(C)[C@@]2(C(=O)Nc3ncc(Cl)cc3Cl)CC[C@@]1(C(Br)Br)[C@H]2Br. The number of aromatic nitrogens is 1. The lowest BCUT2D eigenvalue weighted by molar-refractivity contribution is -0.155. The molecule has 3 aliphatic rings. The molecule has 8 heteroatoms. The van der Waals surface area contributed by atoms with Gasteiger partial charge in [-0.1, -0.05) is 84.8 Å². The number of nitrogens with zero attached hydrogens (tertiary/aromatic N) is 1. The van der Waals surface area contributed by atoms with E-state index >= 15 is 0 Å². The lowest BCUT2D eigenvalue weighted by Crippen LogP contribution is -2.71. The van der Waals surface area contributed by atoms with Gasteiger partial charge in [0, 0.05) is 16.4 Å². The molecule has 0 aliphatic heterocycles. The van der Waals surface area contributed by atoms with Crippen molar-refractivity contribution in [3.8, 4) is 0 Å². The molecule has 0 spiro atoms. The molecular weight excluding hydrogens is 535 g/mol. The van der Waals surface area contributed by atoms with Gasteiger partial charge >= 0.3 is 0 Å². The molecule has 126 valence electrons. The number of pyridine rings is 1. The fourth-order valence-corrected chi connectivity index (χ4v) is 9.77. The maximum absolute atomic E-state index is 13.1. The van der Waals surface area contributed by atoms with Crippen molar-refractivity contribution in [1.82, 2.24) is 4.98 Å². The standard InChI is InChI=1S/C15H15Br3Cl2N2O/c1-13(2)14(11(17)18)3-4-15(13,10(14)16)12(23)22-9-8(20)5-7(19)6-21-9/h5-6,10-11H,3-4H2,1-2H3,(H,21,22,23)/t10-,14+,15+/m1/s1. The maximum atomic E-state index is 13.1. The zero-order valence-electron chi connectivity index (χ0n) is 12.5. The third-order valence-corrected chi connectivity index (χ3v) is 9.66. The van der Waals surface area contributed by atoms with E-state index in [0.29, 0.717) is 15.9 Å². The minimum Gasteiger partial charge on any atom is -0.309 e. The Hall–Kier alpha value is 0.640. The first-order chi connectivity index (χ1) is 10.6. The first-order valence-electron chi connectivity index (χ1n) is 7.16. The molecule has 4 rings (SSSR count). The molecule has 3 atom stereocenters. The highest BCUT2D eigenvalue weighted by atomic mass is 79.9. The van der Waals surface area contributed by atoms with Crippen LogP contribution in [0.15, 0.2) is 12.3 Å². The van der Waals surface area contributed by atoms with Gasteiger partial charge in [0.2, 0.25) is 5.91 Å². The van der Waals surface area contributed by atoms with Crippen molar-refractivity contribution >= 4 is 82.7 Å². The van der Waals surface area contributed by atoms with Crippen LogP contribution in [0.3, 0.4) is 0 Å². The monoisotopic (exact) mass is 546 g/mol. The Morgan fingerprint density at radius 1 is 1.39 bits per heavy atom. The highest BCUT2D eigenvalue weighted by Crippen LogP contribution is 2.82. The Balaban J connectivity index is 1.92. The summed E-state index contributed by atoms with van der Waals surface area (Å²) in [6.45, 7) is 4.31. The van der Waals surface area contributed by atoms with Crippen LogP contribution in [0.2, 0.25) is 10.0 Å². The summed E-state index contributed by atoms with van der Waals surface area (Å²) >= 11 is 23.1. The molecule has 1 aromatic heterocycles. The molecule has 23 heavy (non-hydrogen) atoms. The normalized spacial score (nSPS) is 34.3. The van der Waals surface area contributed by atoms with Crippen LogP contribution >= 0.6 is 71.0 Å². The molecule has 2 bridgehead atoms. The van der Waals surface area contributed by atoms with Gasteiger partial charge in [0.15, 0.2) is 5.82 Å². The quantitative estimate of drug-likeness (QED) is 0.469. The largest absolute Gasteiger partial charge is 0.309 e. The second-order valence-electron chi connectivity index (χ2n) is 6.74. The lowest BCUT2D eigenvalue weighted by Gasteiger charge is -2.66. The summed E-state index contributed by atoms with van der Waals surface area (Å²) in [6, 6.07) is 1.58. The fourth-order valence-electron chi connectivity index (χ4n) is 4.42. The number of hydrogen-bond acceptors (Lipinski definition) is 2. The highest BCUT2D eigenvalue weighted by molar-refractivity contribution is 9.24. The number of carbonyl (C=O) groups excluding carboxylic acids is 1. The van der Waals surface area contributed by atoms with E-state index in [1.54, 1.807) is 6.07 Å². The second-order valence-corrected chi connectivity index (χ2v) is 11.6. The first kappa shape index (κ1) is 18.4. The van der Waals surface area contributed by atoms with Crippen molar-refractivity contribution < 1.29 is 4.79 Å². The van der Waals surface area contributed by atoms with E-state index in [-0.39, 0.29) is 25.3 Å². The van der Waals surface area contributed by atoms with Gasteiger partial charge in [-0.15, -0.1) is 0 Å². The predicted octanol–water partition coefficient (Wildman–Crippen LogP) is 6.01. The Labute approximate surface area is 170 Å². The van der Waals surface area contributed by atoms with Crippen molar-refractivity contribution in [2.45, 2.75) is 35.3 Å². The van der Waals surface area contributed by atoms with Gasteiger partial charge in [-0.05, 0) is 24.3 Å². The third-order valence-electron chi connectivity index (χ3n) is 5.93. The topological polar surface area (TPSA) is 42.0 Å². The predicted molar refractivity (Wildman–Crippen MR) is 105 cm³/mol. The second kappa shape index (κ2) is 5.83. The number of halogens is 5. The Bertz CT molecular complexity index is 685. The van der Waals surface area contributed by atoms with E-state index in [1.165, 1.54) is 6.20 Å². The highest BCUT2D eigenvalue weighted by Gasteiger charge is 2.83. The van der Waals surface area contributed by atoms with Crippen LogP contribution in [0, 0.1) is 16.2 Å². The van der Waals surface area contributed by atoms with E-state index in [4.69, 9.17) is 23.2 Å². The fraction of sp³-hybridized carbons (Fsp3) is 0.600. The van der Waals surface area contributed by atoms with E-state index < -0.39 is 5.41 Å².